The van der Waals surface area contributed by atoms with E-state index < -0.39 is 89.6 Å². The standard InChI is InChI=1S/C51H82O17P2/c1-3-5-7-9-11-12-13-14-15-16-17-18-19-20-21-22-26-31-35-39-45(54)66-43(41-65-70(62,63)68-51-48(57)46(55)47(56)50(49(51)58)67-69(59,60)61)40-64-44(53)38-34-30-27-23-25-29-33-37-42(52)36-32-28-24-10-8-6-4-2/h5,7,11-12,14-15,17-18,20-21,23-24,27-29,32-33,36,42-43,46-52,55-58H,3-4,6,8-10,13,16,19,22,25-26,30-31,34-35,37-41H2,1-2H3,(H,62,63)(H2,59,60,61)/b7-5-,12-11-,15-14-,18-17-,21-20-,27-23+,28-24-,33-29-,36-32-/t42-,43-,46?,47?,48?,49?,50-,51+/m1/s1. The molecule has 0 aromatic carbocycles. The van der Waals surface area contributed by atoms with Crippen molar-refractivity contribution in [3.05, 3.63) is 109 Å². The Labute approximate surface area is 415 Å². The van der Waals surface area contributed by atoms with Crippen LogP contribution >= 0.6 is 15.6 Å². The number of hydrogen-bond donors (Lipinski definition) is 8. The summed E-state index contributed by atoms with van der Waals surface area (Å²) >= 11 is 0. The topological polar surface area (TPSA) is 276 Å². The van der Waals surface area contributed by atoms with E-state index in [1.165, 1.54) is 12.8 Å². The molecule has 1 fully saturated rings. The lowest BCUT2D eigenvalue weighted by Crippen LogP contribution is -2.64. The molecule has 1 saturated carbocycles. The summed E-state index contributed by atoms with van der Waals surface area (Å²) in [5.41, 5.74) is 0. The number of phosphoric acid groups is 2. The number of aliphatic hydroxyl groups excluding tert-OH is 5. The molecular formula is C51H82O17P2. The molecule has 0 aliphatic heterocycles. The van der Waals surface area contributed by atoms with Gasteiger partial charge in [0.1, 0.15) is 43.2 Å². The predicted molar refractivity (Wildman–Crippen MR) is 270 cm³/mol. The van der Waals surface area contributed by atoms with Crippen molar-refractivity contribution in [1.29, 1.82) is 0 Å². The van der Waals surface area contributed by atoms with Gasteiger partial charge in [-0.05, 0) is 89.9 Å². The highest BCUT2D eigenvalue weighted by Crippen LogP contribution is 2.49. The Morgan fingerprint density at radius 3 is 1.64 bits per heavy atom. The fourth-order valence-electron chi connectivity index (χ4n) is 6.59. The lowest BCUT2D eigenvalue weighted by atomic mass is 9.85. The van der Waals surface area contributed by atoms with E-state index in [0.29, 0.717) is 38.5 Å². The summed E-state index contributed by atoms with van der Waals surface area (Å²) in [6.07, 6.45) is 34.9. The monoisotopic (exact) mass is 1030 g/mol. The highest BCUT2D eigenvalue weighted by atomic mass is 31.2. The summed E-state index contributed by atoms with van der Waals surface area (Å²) in [6.45, 7) is 2.81. The van der Waals surface area contributed by atoms with Crippen LogP contribution in [0.2, 0.25) is 0 Å². The van der Waals surface area contributed by atoms with Gasteiger partial charge in [0, 0.05) is 12.8 Å². The van der Waals surface area contributed by atoms with E-state index >= 15 is 0 Å². The summed E-state index contributed by atoms with van der Waals surface area (Å²) < 4.78 is 49.3. The molecule has 17 nitrogen and oxygen atoms in total. The normalized spacial score (nSPS) is 22.4. The van der Waals surface area contributed by atoms with Gasteiger partial charge in [-0.3, -0.25) is 23.2 Å². The Morgan fingerprint density at radius 2 is 1.06 bits per heavy atom. The van der Waals surface area contributed by atoms with Crippen molar-refractivity contribution in [2.24, 2.45) is 0 Å². The van der Waals surface area contributed by atoms with Crippen LogP contribution in [-0.2, 0) is 41.8 Å². The number of esters is 2. The van der Waals surface area contributed by atoms with Crippen LogP contribution in [-0.4, -0.2) is 114 Å². The molecule has 0 spiro atoms. The fraction of sp³-hybridized carbons (Fsp3) is 0.608. The van der Waals surface area contributed by atoms with Crippen LogP contribution in [0.15, 0.2) is 109 Å². The third kappa shape index (κ3) is 34.1. The maximum absolute atomic E-state index is 13.0. The van der Waals surface area contributed by atoms with Crippen molar-refractivity contribution >= 4 is 27.6 Å². The highest BCUT2D eigenvalue weighted by Gasteiger charge is 2.54. The molecular weight excluding hydrogens is 946 g/mol. The molecule has 0 aromatic rings. The minimum Gasteiger partial charge on any atom is -0.462 e. The van der Waals surface area contributed by atoms with E-state index in [1.54, 1.807) is 6.08 Å². The van der Waals surface area contributed by atoms with E-state index in [0.717, 1.165) is 57.8 Å². The number of carbonyl (C=O) groups excluding carboxylic acids is 2. The molecule has 1 aliphatic rings. The quantitative estimate of drug-likeness (QED) is 0.00940. The van der Waals surface area contributed by atoms with Crippen molar-refractivity contribution < 1.29 is 82.0 Å². The molecule has 70 heavy (non-hydrogen) atoms. The Kier molecular flexibility index (Phi) is 37.1. The molecule has 19 heteroatoms. The second kappa shape index (κ2) is 40.1. The van der Waals surface area contributed by atoms with Crippen LogP contribution in [0, 0.1) is 0 Å². The SMILES string of the molecule is CC/C=C\C/C=C\C/C=C\C/C=C\C/C=C\CCCCCC(=O)O[C@H](COC(=O)CCC/C=C/C/C=C\C[C@H](O)/C=C\C=C/CCCCC)COP(=O)(O)O[C@H]1C(O)C(O)C(O)[C@@H](OP(=O)(O)O)C1O. The number of carbonyl (C=O) groups is 2. The van der Waals surface area contributed by atoms with Gasteiger partial charge in [-0.1, -0.05) is 142 Å². The smallest absolute Gasteiger partial charge is 0.462 e. The Hall–Kier alpha value is -3.38. The van der Waals surface area contributed by atoms with Gasteiger partial charge in [-0.25, -0.2) is 9.13 Å². The first-order valence-corrected chi connectivity index (χ1v) is 27.6. The minimum absolute atomic E-state index is 0.00371. The van der Waals surface area contributed by atoms with Crippen molar-refractivity contribution in [1.82, 2.24) is 0 Å². The molecule has 398 valence electrons. The second-order valence-electron chi connectivity index (χ2n) is 16.6. The maximum Gasteiger partial charge on any atom is 0.472 e. The molecule has 1 aliphatic carbocycles. The molecule has 1 rings (SSSR count). The van der Waals surface area contributed by atoms with E-state index in [4.69, 9.17) is 18.5 Å². The van der Waals surface area contributed by atoms with Crippen LogP contribution in [0.5, 0.6) is 0 Å². The van der Waals surface area contributed by atoms with Gasteiger partial charge in [0.15, 0.2) is 6.10 Å². The molecule has 8 N–H and O–H groups in total. The van der Waals surface area contributed by atoms with Gasteiger partial charge >= 0.3 is 27.6 Å². The summed E-state index contributed by atoms with van der Waals surface area (Å²) in [6, 6.07) is 0. The van der Waals surface area contributed by atoms with E-state index in [2.05, 4.69) is 85.2 Å². The molecule has 5 unspecified atom stereocenters. The van der Waals surface area contributed by atoms with Crippen LogP contribution in [0.25, 0.3) is 0 Å². The van der Waals surface area contributed by atoms with Crippen molar-refractivity contribution in [3.8, 4) is 0 Å². The first-order chi connectivity index (χ1) is 33.5. The molecule has 0 aromatic heterocycles. The van der Waals surface area contributed by atoms with Crippen molar-refractivity contribution in [2.45, 2.75) is 185 Å². The number of aliphatic hydroxyl groups is 5. The third-order valence-corrected chi connectivity index (χ3v) is 11.9. The van der Waals surface area contributed by atoms with E-state index in [-0.39, 0.29) is 12.8 Å². The molecule has 0 radical (unpaired) electrons. The number of rotatable bonds is 39. The van der Waals surface area contributed by atoms with E-state index in [1.807, 2.05) is 36.5 Å². The molecule has 0 amide bonds. The largest absolute Gasteiger partial charge is 0.472 e. The predicted octanol–water partition coefficient (Wildman–Crippen LogP) is 8.70. The summed E-state index contributed by atoms with van der Waals surface area (Å²) in [5.74, 6) is -1.36. The molecule has 9 atom stereocenters. The summed E-state index contributed by atoms with van der Waals surface area (Å²) in [5, 5.41) is 51.4. The number of phosphoric ester groups is 2. The first-order valence-electron chi connectivity index (χ1n) is 24.5. The van der Waals surface area contributed by atoms with Crippen molar-refractivity contribution in [3.63, 3.8) is 0 Å². The molecule has 0 bridgehead atoms. The van der Waals surface area contributed by atoms with Crippen LogP contribution in [0.4, 0.5) is 0 Å². The maximum atomic E-state index is 13.0. The molecule has 0 saturated heterocycles. The number of hydrogen-bond acceptors (Lipinski definition) is 14. The van der Waals surface area contributed by atoms with Gasteiger partial charge in [-0.15, -0.1) is 0 Å². The van der Waals surface area contributed by atoms with Gasteiger partial charge in [0.2, 0.25) is 0 Å². The minimum atomic E-state index is -5.39. The van der Waals surface area contributed by atoms with Gasteiger partial charge < -0.3 is 49.7 Å². The van der Waals surface area contributed by atoms with Crippen LogP contribution < -0.4 is 0 Å². The zero-order valence-electron chi connectivity index (χ0n) is 41.0. The third-order valence-electron chi connectivity index (χ3n) is 10.4. The second-order valence-corrected chi connectivity index (χ2v) is 19.2. The average molecular weight is 1030 g/mol. The zero-order valence-corrected chi connectivity index (χ0v) is 42.8. The lowest BCUT2D eigenvalue weighted by Gasteiger charge is -2.43. The number of unbranched alkanes of at least 4 members (excludes halogenated alkanes) is 7. The van der Waals surface area contributed by atoms with Crippen LogP contribution in [0.3, 0.4) is 0 Å². The molecule has 0 heterocycles. The Bertz CT molecular complexity index is 1780. The number of allylic oxidation sites excluding steroid dienone is 16. The Morgan fingerprint density at radius 1 is 0.543 bits per heavy atom. The van der Waals surface area contributed by atoms with Crippen LogP contribution in [0.1, 0.15) is 136 Å². The number of ether oxygens (including phenoxy) is 2. The first kappa shape index (κ1) is 64.6. The lowest BCUT2D eigenvalue weighted by molar-refractivity contribution is -0.216. The van der Waals surface area contributed by atoms with Crippen molar-refractivity contribution in [2.75, 3.05) is 13.2 Å². The summed E-state index contributed by atoms with van der Waals surface area (Å²) in [7, 11) is -10.7. The fourth-order valence-corrected chi connectivity index (χ4v) is 8.13. The Balaban J connectivity index is 2.67. The van der Waals surface area contributed by atoms with Gasteiger partial charge in [0.25, 0.3) is 0 Å². The highest BCUT2D eigenvalue weighted by molar-refractivity contribution is 7.47. The van der Waals surface area contributed by atoms with Gasteiger partial charge in [-0.2, -0.15) is 0 Å². The van der Waals surface area contributed by atoms with Gasteiger partial charge in [0.05, 0.1) is 12.7 Å². The van der Waals surface area contributed by atoms with E-state index in [9.17, 15) is 58.9 Å². The zero-order chi connectivity index (χ0) is 51.9. The average Bonchev–Trinajstić information content (AvgIpc) is 3.31. The summed E-state index contributed by atoms with van der Waals surface area (Å²) in [4.78, 5) is 54.3.